The molecule has 1 unspecified atom stereocenters. The SMILES string of the molecule is CCCCN(C(=O)N[C@H](CC(=O)O)C(=O)O)C(C)CC. The van der Waals surface area contributed by atoms with E-state index in [0.29, 0.717) is 6.54 Å². The van der Waals surface area contributed by atoms with E-state index in [1.54, 1.807) is 4.90 Å². The number of carboxylic acids is 2. The van der Waals surface area contributed by atoms with Crippen molar-refractivity contribution in [2.24, 2.45) is 0 Å². The standard InChI is InChI=1S/C13H24N2O5/c1-4-6-7-15(9(3)5-2)13(20)14-10(12(18)19)8-11(16)17/h9-10H,4-8H2,1-3H3,(H,14,20)(H,16,17)(H,18,19)/t9?,10-/m1/s1. The Morgan fingerprint density at radius 2 is 1.80 bits per heavy atom. The number of carbonyl (C=O) groups excluding carboxylic acids is 1. The van der Waals surface area contributed by atoms with Gasteiger partial charge in [-0.15, -0.1) is 0 Å². The molecule has 20 heavy (non-hydrogen) atoms. The molecule has 0 aliphatic rings. The maximum atomic E-state index is 12.1. The largest absolute Gasteiger partial charge is 0.481 e. The molecule has 2 atom stereocenters. The van der Waals surface area contributed by atoms with Crippen LogP contribution in [0.25, 0.3) is 0 Å². The minimum Gasteiger partial charge on any atom is -0.481 e. The number of nitrogens with one attached hydrogen (secondary N) is 1. The van der Waals surface area contributed by atoms with Gasteiger partial charge in [0.05, 0.1) is 6.42 Å². The van der Waals surface area contributed by atoms with Gasteiger partial charge in [0.25, 0.3) is 0 Å². The number of amides is 2. The van der Waals surface area contributed by atoms with E-state index in [0.717, 1.165) is 19.3 Å². The molecule has 0 aromatic rings. The minimum atomic E-state index is -1.41. The van der Waals surface area contributed by atoms with E-state index < -0.39 is 30.4 Å². The fourth-order valence-electron chi connectivity index (χ4n) is 1.68. The number of urea groups is 1. The number of hydrogen-bond donors (Lipinski definition) is 3. The molecule has 0 fully saturated rings. The first kappa shape index (κ1) is 18.2. The first-order valence-corrected chi connectivity index (χ1v) is 6.85. The molecule has 2 amide bonds. The van der Waals surface area contributed by atoms with Crippen molar-refractivity contribution in [3.63, 3.8) is 0 Å². The number of nitrogens with zero attached hydrogens (tertiary/aromatic N) is 1. The van der Waals surface area contributed by atoms with Crippen LogP contribution in [0.2, 0.25) is 0 Å². The highest BCUT2D eigenvalue weighted by molar-refractivity contribution is 5.86. The topological polar surface area (TPSA) is 107 Å². The third kappa shape index (κ3) is 6.40. The van der Waals surface area contributed by atoms with E-state index in [1.807, 2.05) is 20.8 Å². The summed E-state index contributed by atoms with van der Waals surface area (Å²) >= 11 is 0. The van der Waals surface area contributed by atoms with Gasteiger partial charge in [-0.3, -0.25) is 4.79 Å². The monoisotopic (exact) mass is 288 g/mol. The molecule has 7 heteroatoms. The summed E-state index contributed by atoms with van der Waals surface area (Å²) in [6, 6.07) is -1.96. The van der Waals surface area contributed by atoms with E-state index in [9.17, 15) is 14.4 Å². The lowest BCUT2D eigenvalue weighted by Crippen LogP contribution is -2.51. The fourth-order valence-corrected chi connectivity index (χ4v) is 1.68. The summed E-state index contributed by atoms with van der Waals surface area (Å²) in [5, 5.41) is 19.9. The highest BCUT2D eigenvalue weighted by atomic mass is 16.4. The number of carbonyl (C=O) groups is 3. The maximum absolute atomic E-state index is 12.1. The Bertz CT molecular complexity index is 346. The van der Waals surface area contributed by atoms with Gasteiger partial charge in [0, 0.05) is 12.6 Å². The average Bonchev–Trinajstić information content (AvgIpc) is 2.37. The molecule has 0 spiro atoms. The Labute approximate surface area is 119 Å². The van der Waals surface area contributed by atoms with Crippen LogP contribution in [0.4, 0.5) is 4.79 Å². The molecule has 3 N–H and O–H groups in total. The Morgan fingerprint density at radius 3 is 2.20 bits per heavy atom. The van der Waals surface area contributed by atoms with Crippen LogP contribution < -0.4 is 5.32 Å². The van der Waals surface area contributed by atoms with Gasteiger partial charge in [0.15, 0.2) is 0 Å². The molecule has 0 aliphatic carbocycles. The van der Waals surface area contributed by atoms with E-state index in [2.05, 4.69) is 5.32 Å². The van der Waals surface area contributed by atoms with Crippen molar-refractivity contribution in [1.29, 1.82) is 0 Å². The van der Waals surface area contributed by atoms with Gasteiger partial charge >= 0.3 is 18.0 Å². The Hall–Kier alpha value is -1.79. The summed E-state index contributed by atoms with van der Waals surface area (Å²) in [5.41, 5.74) is 0. The Kier molecular flexibility index (Phi) is 8.35. The Balaban J connectivity index is 4.77. The number of carboxylic acid groups (broad SMARTS) is 2. The van der Waals surface area contributed by atoms with Crippen LogP contribution in [-0.4, -0.2) is 51.7 Å². The van der Waals surface area contributed by atoms with Gasteiger partial charge < -0.3 is 20.4 Å². The smallest absolute Gasteiger partial charge is 0.326 e. The molecule has 0 aromatic carbocycles. The lowest BCUT2D eigenvalue weighted by atomic mass is 10.2. The quantitative estimate of drug-likeness (QED) is 0.596. The van der Waals surface area contributed by atoms with E-state index in [-0.39, 0.29) is 6.04 Å². The number of aliphatic carboxylic acids is 2. The van der Waals surface area contributed by atoms with Crippen LogP contribution in [0, 0.1) is 0 Å². The van der Waals surface area contributed by atoms with E-state index in [1.165, 1.54) is 0 Å². The van der Waals surface area contributed by atoms with Gasteiger partial charge in [0.1, 0.15) is 6.04 Å². The summed E-state index contributed by atoms with van der Waals surface area (Å²) in [6.07, 6.45) is 1.84. The highest BCUT2D eigenvalue weighted by Crippen LogP contribution is 2.07. The number of rotatable bonds is 9. The molecule has 0 aliphatic heterocycles. The van der Waals surface area contributed by atoms with Crippen molar-refractivity contribution >= 4 is 18.0 Å². The number of hydrogen-bond acceptors (Lipinski definition) is 3. The van der Waals surface area contributed by atoms with Crippen LogP contribution in [-0.2, 0) is 9.59 Å². The summed E-state index contributed by atoms with van der Waals surface area (Å²) < 4.78 is 0. The van der Waals surface area contributed by atoms with Crippen molar-refractivity contribution in [3.05, 3.63) is 0 Å². The lowest BCUT2D eigenvalue weighted by molar-refractivity contribution is -0.145. The first-order chi connectivity index (χ1) is 9.33. The fraction of sp³-hybridized carbons (Fsp3) is 0.769. The number of unbranched alkanes of at least 4 members (excludes halogenated alkanes) is 1. The van der Waals surface area contributed by atoms with Crippen molar-refractivity contribution in [3.8, 4) is 0 Å². The van der Waals surface area contributed by atoms with Crippen LogP contribution >= 0.6 is 0 Å². The molecule has 116 valence electrons. The minimum absolute atomic E-state index is 0.0270. The van der Waals surface area contributed by atoms with Gasteiger partial charge in [0.2, 0.25) is 0 Å². The van der Waals surface area contributed by atoms with E-state index in [4.69, 9.17) is 10.2 Å². The summed E-state index contributed by atoms with van der Waals surface area (Å²) in [5.74, 6) is -2.61. The molecule has 0 rings (SSSR count). The third-order valence-corrected chi connectivity index (χ3v) is 3.11. The molecule has 0 saturated heterocycles. The van der Waals surface area contributed by atoms with Gasteiger partial charge in [-0.1, -0.05) is 20.3 Å². The summed E-state index contributed by atoms with van der Waals surface area (Å²) in [6.45, 7) is 6.33. The molecule has 0 bridgehead atoms. The Morgan fingerprint density at radius 1 is 1.20 bits per heavy atom. The first-order valence-electron chi connectivity index (χ1n) is 6.85. The predicted octanol–water partition coefficient (Wildman–Crippen LogP) is 1.52. The van der Waals surface area contributed by atoms with Crippen molar-refractivity contribution in [2.75, 3.05) is 6.54 Å². The zero-order chi connectivity index (χ0) is 15.7. The van der Waals surface area contributed by atoms with Gasteiger partial charge in [-0.2, -0.15) is 0 Å². The van der Waals surface area contributed by atoms with Crippen molar-refractivity contribution in [1.82, 2.24) is 10.2 Å². The molecule has 0 heterocycles. The van der Waals surface area contributed by atoms with Gasteiger partial charge in [-0.25, -0.2) is 9.59 Å². The zero-order valence-electron chi connectivity index (χ0n) is 12.3. The van der Waals surface area contributed by atoms with Crippen LogP contribution in [0.5, 0.6) is 0 Å². The van der Waals surface area contributed by atoms with Gasteiger partial charge in [-0.05, 0) is 19.8 Å². The van der Waals surface area contributed by atoms with E-state index >= 15 is 0 Å². The average molecular weight is 288 g/mol. The van der Waals surface area contributed by atoms with Crippen LogP contribution in [0.15, 0.2) is 0 Å². The molecular weight excluding hydrogens is 264 g/mol. The molecule has 0 saturated carbocycles. The zero-order valence-corrected chi connectivity index (χ0v) is 12.3. The molecule has 0 radical (unpaired) electrons. The highest BCUT2D eigenvalue weighted by Gasteiger charge is 2.26. The van der Waals surface area contributed by atoms with Crippen LogP contribution in [0.3, 0.4) is 0 Å². The second-order valence-electron chi connectivity index (χ2n) is 4.74. The van der Waals surface area contributed by atoms with Crippen molar-refractivity contribution < 1.29 is 24.6 Å². The summed E-state index contributed by atoms with van der Waals surface area (Å²) in [4.78, 5) is 35.2. The molecule has 0 aromatic heterocycles. The second-order valence-corrected chi connectivity index (χ2v) is 4.74. The third-order valence-electron chi connectivity index (χ3n) is 3.11. The van der Waals surface area contributed by atoms with Crippen molar-refractivity contribution in [2.45, 2.75) is 58.5 Å². The second kappa shape index (κ2) is 9.17. The lowest BCUT2D eigenvalue weighted by Gasteiger charge is -2.29. The van der Waals surface area contributed by atoms with Crippen LogP contribution in [0.1, 0.15) is 46.5 Å². The summed E-state index contributed by atoms with van der Waals surface area (Å²) in [7, 11) is 0. The maximum Gasteiger partial charge on any atom is 0.326 e. The molecular formula is C13H24N2O5. The molecule has 7 nitrogen and oxygen atoms in total. The predicted molar refractivity (Wildman–Crippen MR) is 73.6 cm³/mol. The normalized spacial score (nSPS) is 13.3.